The molecule has 1 unspecified atom stereocenters. The number of aryl methyl sites for hydroxylation is 2. The first-order valence-corrected chi connectivity index (χ1v) is 5.20. The second-order valence-electron chi connectivity index (χ2n) is 4.03. The Hall–Kier alpha value is -1.04. The molecule has 0 radical (unpaired) electrons. The molecule has 0 spiro atoms. The first-order chi connectivity index (χ1) is 7.74. The first-order valence-electron chi connectivity index (χ1n) is 5.20. The first kappa shape index (κ1) is 14.0. The molecule has 0 amide bonds. The summed E-state index contributed by atoms with van der Waals surface area (Å²) in [5, 5.41) is 2.38. The van der Waals surface area contributed by atoms with Crippen molar-refractivity contribution in [2.24, 2.45) is 0 Å². The van der Waals surface area contributed by atoms with E-state index in [-0.39, 0.29) is 0 Å². The van der Waals surface area contributed by atoms with Crippen molar-refractivity contribution in [3.63, 3.8) is 0 Å². The third-order valence-electron chi connectivity index (χ3n) is 2.51. The quantitative estimate of drug-likeness (QED) is 0.813. The molecule has 1 atom stereocenters. The third-order valence-corrected chi connectivity index (χ3v) is 2.51. The Balaban J connectivity index is 2.62. The van der Waals surface area contributed by atoms with Gasteiger partial charge < -0.3 is 9.73 Å². The van der Waals surface area contributed by atoms with Gasteiger partial charge in [0.25, 0.3) is 0 Å². The Morgan fingerprint density at radius 1 is 1.35 bits per heavy atom. The van der Waals surface area contributed by atoms with Crippen LogP contribution in [0.2, 0.25) is 0 Å². The average Bonchev–Trinajstić information content (AvgIpc) is 2.54. The topological polar surface area (TPSA) is 25.2 Å². The zero-order valence-electron chi connectivity index (χ0n) is 9.86. The summed E-state index contributed by atoms with van der Waals surface area (Å²) in [6.45, 7) is 4.00. The maximum atomic E-state index is 12.7. The van der Waals surface area contributed by atoms with E-state index in [0.717, 1.165) is 0 Å². The average molecular weight is 253 g/mol. The SMILES string of the molecule is Cc1cc(C(C)NCC(F)(F)C(F)F)c(C)o1. The second kappa shape index (κ2) is 5.08. The van der Waals surface area contributed by atoms with Crippen molar-refractivity contribution in [3.8, 4) is 0 Å². The monoisotopic (exact) mass is 253 g/mol. The number of alkyl halides is 4. The number of hydrogen-bond acceptors (Lipinski definition) is 2. The van der Waals surface area contributed by atoms with Crippen molar-refractivity contribution in [1.29, 1.82) is 0 Å². The molecular formula is C11H15F4NO. The highest BCUT2D eigenvalue weighted by Gasteiger charge is 2.40. The van der Waals surface area contributed by atoms with Gasteiger partial charge in [-0.05, 0) is 26.8 Å². The fourth-order valence-corrected chi connectivity index (χ4v) is 1.56. The fourth-order valence-electron chi connectivity index (χ4n) is 1.56. The molecule has 0 aliphatic heterocycles. The lowest BCUT2D eigenvalue weighted by molar-refractivity contribution is -0.126. The van der Waals surface area contributed by atoms with Crippen LogP contribution >= 0.6 is 0 Å². The van der Waals surface area contributed by atoms with Gasteiger partial charge in [-0.2, -0.15) is 8.78 Å². The van der Waals surface area contributed by atoms with E-state index in [4.69, 9.17) is 4.42 Å². The van der Waals surface area contributed by atoms with Gasteiger partial charge >= 0.3 is 12.3 Å². The smallest absolute Gasteiger partial charge is 0.319 e. The molecule has 6 heteroatoms. The van der Waals surface area contributed by atoms with Crippen LogP contribution in [0.5, 0.6) is 0 Å². The van der Waals surface area contributed by atoms with Crippen LogP contribution in [0.25, 0.3) is 0 Å². The van der Waals surface area contributed by atoms with Crippen LogP contribution in [0, 0.1) is 13.8 Å². The number of nitrogens with one attached hydrogen (secondary N) is 1. The molecule has 0 saturated carbocycles. The van der Waals surface area contributed by atoms with Gasteiger partial charge in [-0.25, -0.2) is 8.78 Å². The van der Waals surface area contributed by atoms with E-state index in [1.165, 1.54) is 0 Å². The number of hydrogen-bond donors (Lipinski definition) is 1. The highest BCUT2D eigenvalue weighted by atomic mass is 19.3. The lowest BCUT2D eigenvalue weighted by Crippen LogP contribution is -2.39. The van der Waals surface area contributed by atoms with Crippen LogP contribution in [-0.4, -0.2) is 18.9 Å². The third kappa shape index (κ3) is 3.46. The summed E-state index contributed by atoms with van der Waals surface area (Å²) in [5.41, 5.74) is 0.701. The summed E-state index contributed by atoms with van der Waals surface area (Å²) in [5.74, 6) is -2.75. The maximum absolute atomic E-state index is 12.7. The highest BCUT2D eigenvalue weighted by molar-refractivity contribution is 5.23. The van der Waals surface area contributed by atoms with E-state index >= 15 is 0 Å². The van der Waals surface area contributed by atoms with Gasteiger partial charge in [-0.1, -0.05) is 0 Å². The van der Waals surface area contributed by atoms with Gasteiger partial charge in [0.1, 0.15) is 11.5 Å². The van der Waals surface area contributed by atoms with E-state index in [1.54, 1.807) is 26.8 Å². The van der Waals surface area contributed by atoms with Gasteiger partial charge in [0, 0.05) is 11.6 Å². The van der Waals surface area contributed by atoms with Gasteiger partial charge in [0.2, 0.25) is 0 Å². The van der Waals surface area contributed by atoms with Crippen LogP contribution in [0.3, 0.4) is 0 Å². The van der Waals surface area contributed by atoms with Gasteiger partial charge in [0.15, 0.2) is 0 Å². The molecular weight excluding hydrogens is 238 g/mol. The van der Waals surface area contributed by atoms with Crippen LogP contribution in [0.4, 0.5) is 17.6 Å². The largest absolute Gasteiger partial charge is 0.466 e. The summed E-state index contributed by atoms with van der Waals surface area (Å²) >= 11 is 0. The zero-order chi connectivity index (χ0) is 13.2. The summed E-state index contributed by atoms with van der Waals surface area (Å²) < 4.78 is 54.5. The van der Waals surface area contributed by atoms with Crippen molar-refractivity contribution in [2.75, 3.05) is 6.54 Å². The van der Waals surface area contributed by atoms with Gasteiger partial charge in [0.05, 0.1) is 6.54 Å². The molecule has 1 aromatic heterocycles. The molecule has 0 aliphatic rings. The minimum Gasteiger partial charge on any atom is -0.466 e. The van der Waals surface area contributed by atoms with Crippen LogP contribution < -0.4 is 5.32 Å². The molecule has 0 aliphatic carbocycles. The molecule has 1 aromatic rings. The van der Waals surface area contributed by atoms with Gasteiger partial charge in [-0.3, -0.25) is 0 Å². The van der Waals surface area contributed by atoms with E-state index in [0.29, 0.717) is 17.1 Å². The predicted octanol–water partition coefficient (Wildman–Crippen LogP) is 3.45. The van der Waals surface area contributed by atoms with E-state index < -0.39 is 24.9 Å². The maximum Gasteiger partial charge on any atom is 0.319 e. The van der Waals surface area contributed by atoms with Crippen molar-refractivity contribution >= 4 is 0 Å². The van der Waals surface area contributed by atoms with Gasteiger partial charge in [-0.15, -0.1) is 0 Å². The Kier molecular flexibility index (Phi) is 4.19. The molecule has 98 valence electrons. The summed E-state index contributed by atoms with van der Waals surface area (Å²) in [6, 6.07) is 1.24. The molecule has 1 rings (SSSR count). The summed E-state index contributed by atoms with van der Waals surface area (Å²) in [6.07, 6.45) is -3.66. The fraction of sp³-hybridized carbons (Fsp3) is 0.636. The Labute approximate surface area is 97.0 Å². The summed E-state index contributed by atoms with van der Waals surface area (Å²) in [7, 11) is 0. The van der Waals surface area contributed by atoms with Crippen molar-refractivity contribution in [1.82, 2.24) is 5.32 Å². The number of rotatable bonds is 5. The molecule has 2 nitrogen and oxygen atoms in total. The number of furan rings is 1. The molecule has 1 heterocycles. The Morgan fingerprint density at radius 3 is 2.35 bits per heavy atom. The predicted molar refractivity (Wildman–Crippen MR) is 55.6 cm³/mol. The van der Waals surface area contributed by atoms with E-state index in [1.807, 2.05) is 0 Å². The highest BCUT2D eigenvalue weighted by Crippen LogP contribution is 2.25. The Morgan fingerprint density at radius 2 is 1.94 bits per heavy atom. The molecule has 17 heavy (non-hydrogen) atoms. The molecule has 0 bridgehead atoms. The zero-order valence-corrected chi connectivity index (χ0v) is 9.86. The molecule has 0 saturated heterocycles. The molecule has 0 aromatic carbocycles. The van der Waals surface area contributed by atoms with Crippen LogP contribution in [-0.2, 0) is 0 Å². The van der Waals surface area contributed by atoms with Crippen molar-refractivity contribution < 1.29 is 22.0 Å². The van der Waals surface area contributed by atoms with E-state index in [2.05, 4.69) is 5.32 Å². The minimum atomic E-state index is -4.01. The van der Waals surface area contributed by atoms with Crippen LogP contribution in [0.1, 0.15) is 30.0 Å². The second-order valence-corrected chi connectivity index (χ2v) is 4.03. The molecule has 0 fully saturated rings. The normalized spacial score (nSPS) is 14.4. The van der Waals surface area contributed by atoms with E-state index in [9.17, 15) is 17.6 Å². The lowest BCUT2D eigenvalue weighted by atomic mass is 10.1. The van der Waals surface area contributed by atoms with Crippen LogP contribution in [0.15, 0.2) is 10.5 Å². The Bertz CT molecular complexity index is 376. The number of halogens is 4. The lowest BCUT2D eigenvalue weighted by Gasteiger charge is -2.19. The minimum absolute atomic E-state index is 0.461. The summed E-state index contributed by atoms with van der Waals surface area (Å²) in [4.78, 5) is 0. The van der Waals surface area contributed by atoms with Crippen molar-refractivity contribution in [2.45, 2.75) is 39.2 Å². The molecule has 1 N–H and O–H groups in total. The van der Waals surface area contributed by atoms with Crippen molar-refractivity contribution in [3.05, 3.63) is 23.2 Å². The standard InChI is InChI=1S/C11H15F4NO/c1-6-4-9(8(3)17-6)7(2)16-5-11(14,15)10(12)13/h4,7,10,16H,5H2,1-3H3.